The Morgan fingerprint density at radius 1 is 1.05 bits per heavy atom. The minimum Gasteiger partial charge on any atom is -0.480 e. The monoisotopic (exact) mass is 570 g/mol. The molecule has 4 atom stereocenters. The van der Waals surface area contributed by atoms with Crippen LogP contribution in [0.4, 0.5) is 0 Å². The van der Waals surface area contributed by atoms with Crippen molar-refractivity contribution in [3.63, 3.8) is 0 Å². The molecule has 1 aliphatic carbocycles. The summed E-state index contributed by atoms with van der Waals surface area (Å²) in [7, 11) is 0. The van der Waals surface area contributed by atoms with E-state index in [1.54, 1.807) is 0 Å². The van der Waals surface area contributed by atoms with E-state index in [1.165, 1.54) is 28.1 Å². The first-order chi connectivity index (χ1) is 20.1. The van der Waals surface area contributed by atoms with Gasteiger partial charge in [0.1, 0.15) is 6.04 Å². The smallest absolute Gasteiger partial charge is 0.321 e. The van der Waals surface area contributed by atoms with Crippen LogP contribution < -0.4 is 5.32 Å². The van der Waals surface area contributed by atoms with E-state index < -0.39 is 12.0 Å². The van der Waals surface area contributed by atoms with E-state index in [1.807, 2.05) is 20.8 Å². The molecule has 42 heavy (non-hydrogen) atoms. The standard InChI is InChI=1S/C36H50N4O2/c1-6-40-33(23-31(38-40)20-26-12-8-7-9-13-26)27-15-17-39(18-16-27)24-29-21-30(37-34(35(41)42)36(3,4)5)22-32(29)28-14-10-11-25(2)19-28/h7-14,19,23,27,29-30,32,34,37H,6,15-18,20-22,24H2,1-5H3,(H,41,42)/t29-,30+,32-,34+/m1/s1. The molecule has 0 unspecified atom stereocenters. The number of carboxylic acids is 1. The van der Waals surface area contributed by atoms with Crippen molar-refractivity contribution in [3.8, 4) is 0 Å². The van der Waals surface area contributed by atoms with E-state index >= 15 is 0 Å². The summed E-state index contributed by atoms with van der Waals surface area (Å²) < 4.78 is 2.23. The number of hydrogen-bond donors (Lipinski definition) is 2. The minimum atomic E-state index is -0.752. The molecule has 1 aromatic heterocycles. The van der Waals surface area contributed by atoms with Gasteiger partial charge in [-0.2, -0.15) is 5.10 Å². The van der Waals surface area contributed by atoms with E-state index in [9.17, 15) is 9.90 Å². The summed E-state index contributed by atoms with van der Waals surface area (Å²) in [4.78, 5) is 14.8. The van der Waals surface area contributed by atoms with Gasteiger partial charge >= 0.3 is 5.97 Å². The zero-order chi connectivity index (χ0) is 29.9. The number of aliphatic carboxylic acids is 1. The minimum absolute atomic E-state index is 0.209. The Labute approximate surface area is 252 Å². The van der Waals surface area contributed by atoms with Gasteiger partial charge in [0.25, 0.3) is 0 Å². The first-order valence-corrected chi connectivity index (χ1v) is 16.0. The summed E-state index contributed by atoms with van der Waals surface area (Å²) in [5.41, 5.74) is 6.23. The average Bonchev–Trinajstić information content (AvgIpc) is 3.55. The van der Waals surface area contributed by atoms with Crippen LogP contribution in [0.3, 0.4) is 0 Å². The van der Waals surface area contributed by atoms with Crippen LogP contribution in [0.1, 0.15) is 93.3 Å². The molecule has 5 rings (SSSR count). The zero-order valence-electron chi connectivity index (χ0n) is 26.2. The maximum Gasteiger partial charge on any atom is 0.321 e. The lowest BCUT2D eigenvalue weighted by Crippen LogP contribution is -2.50. The molecule has 1 saturated carbocycles. The Morgan fingerprint density at radius 3 is 2.43 bits per heavy atom. The Bertz CT molecular complexity index is 1320. The van der Waals surface area contributed by atoms with Crippen molar-refractivity contribution in [2.75, 3.05) is 19.6 Å². The second kappa shape index (κ2) is 13.1. The van der Waals surface area contributed by atoms with Crippen molar-refractivity contribution in [1.82, 2.24) is 20.0 Å². The van der Waals surface area contributed by atoms with Crippen LogP contribution in [-0.2, 0) is 17.8 Å². The summed E-state index contributed by atoms with van der Waals surface area (Å²) >= 11 is 0. The van der Waals surface area contributed by atoms with Crippen molar-refractivity contribution >= 4 is 5.97 Å². The number of aromatic nitrogens is 2. The number of carbonyl (C=O) groups is 1. The summed E-state index contributed by atoms with van der Waals surface area (Å²) in [6.45, 7) is 14.6. The van der Waals surface area contributed by atoms with Gasteiger partial charge in [-0.25, -0.2) is 0 Å². The molecule has 6 heteroatoms. The molecule has 0 spiro atoms. The molecule has 0 bridgehead atoms. The fraction of sp³-hybridized carbons (Fsp3) is 0.556. The van der Waals surface area contributed by atoms with E-state index in [-0.39, 0.29) is 11.5 Å². The third-order valence-electron chi connectivity index (χ3n) is 9.57. The maximum absolute atomic E-state index is 12.1. The van der Waals surface area contributed by atoms with Crippen LogP contribution in [0.2, 0.25) is 0 Å². The van der Waals surface area contributed by atoms with Crippen LogP contribution in [0.5, 0.6) is 0 Å². The number of nitrogens with zero attached hydrogens (tertiary/aromatic N) is 3. The molecule has 2 N–H and O–H groups in total. The number of hydrogen-bond acceptors (Lipinski definition) is 4. The summed E-state index contributed by atoms with van der Waals surface area (Å²) in [5, 5.41) is 18.5. The van der Waals surface area contributed by atoms with Crippen LogP contribution >= 0.6 is 0 Å². The number of aryl methyl sites for hydroxylation is 2. The normalized spacial score (nSPS) is 22.8. The summed E-state index contributed by atoms with van der Waals surface area (Å²) in [5.74, 6) is 0.746. The fourth-order valence-electron chi connectivity index (χ4n) is 7.40. The SMILES string of the molecule is CCn1nc(Cc2ccccc2)cc1C1CCN(C[C@H]2C[C@H](N[C@@H](C(=O)O)C(C)(C)C)C[C@@H]2c2cccc(C)c2)CC1. The molecule has 2 aliphatic rings. The number of carboxylic acid groups (broad SMARTS) is 1. The van der Waals surface area contributed by atoms with Crippen molar-refractivity contribution in [2.24, 2.45) is 11.3 Å². The van der Waals surface area contributed by atoms with Gasteiger partial charge in [-0.05, 0) is 87.1 Å². The van der Waals surface area contributed by atoms with Crippen LogP contribution in [0.25, 0.3) is 0 Å². The molecule has 2 aromatic carbocycles. The highest BCUT2D eigenvalue weighted by atomic mass is 16.4. The molecular weight excluding hydrogens is 520 g/mol. The van der Waals surface area contributed by atoms with Crippen LogP contribution in [0, 0.1) is 18.3 Å². The second-order valence-corrected chi connectivity index (χ2v) is 13.9. The van der Waals surface area contributed by atoms with Gasteiger partial charge in [0.2, 0.25) is 0 Å². The Morgan fingerprint density at radius 2 is 1.79 bits per heavy atom. The van der Waals surface area contributed by atoms with E-state index in [0.29, 0.717) is 17.8 Å². The quantitative estimate of drug-likeness (QED) is 0.286. The molecule has 226 valence electrons. The van der Waals surface area contributed by atoms with Gasteiger partial charge in [0, 0.05) is 37.2 Å². The first kappa shape index (κ1) is 30.5. The van der Waals surface area contributed by atoms with E-state index in [0.717, 1.165) is 58.3 Å². The Hall–Kier alpha value is -2.96. The van der Waals surface area contributed by atoms with Crippen molar-refractivity contribution in [1.29, 1.82) is 0 Å². The van der Waals surface area contributed by atoms with Crippen molar-refractivity contribution in [2.45, 2.75) is 97.2 Å². The first-order valence-electron chi connectivity index (χ1n) is 16.0. The van der Waals surface area contributed by atoms with Gasteiger partial charge in [-0.15, -0.1) is 0 Å². The predicted octanol–water partition coefficient (Wildman–Crippen LogP) is 6.63. The highest BCUT2D eigenvalue weighted by Crippen LogP contribution is 2.42. The van der Waals surface area contributed by atoms with Crippen molar-refractivity contribution in [3.05, 3.63) is 88.7 Å². The lowest BCUT2D eigenvalue weighted by atomic mass is 9.86. The second-order valence-electron chi connectivity index (χ2n) is 13.9. The van der Waals surface area contributed by atoms with Crippen LogP contribution in [0.15, 0.2) is 60.7 Å². The van der Waals surface area contributed by atoms with E-state index in [4.69, 9.17) is 5.10 Å². The molecule has 0 radical (unpaired) electrons. The number of nitrogens with one attached hydrogen (secondary N) is 1. The van der Waals surface area contributed by atoms with Crippen LogP contribution in [-0.4, -0.2) is 57.5 Å². The topological polar surface area (TPSA) is 70.4 Å². The predicted molar refractivity (Wildman–Crippen MR) is 170 cm³/mol. The summed E-state index contributed by atoms with van der Waals surface area (Å²) in [6.07, 6.45) is 5.21. The number of likely N-dealkylation sites (tertiary alicyclic amines) is 1. The third kappa shape index (κ3) is 7.33. The number of piperidine rings is 1. The molecule has 2 heterocycles. The highest BCUT2D eigenvalue weighted by molar-refractivity contribution is 5.74. The molecule has 0 amide bonds. The van der Waals surface area contributed by atoms with E-state index in [2.05, 4.69) is 89.4 Å². The molecule has 3 aromatic rings. The van der Waals surface area contributed by atoms with Gasteiger partial charge in [-0.3, -0.25) is 9.48 Å². The molecule has 2 fully saturated rings. The number of benzene rings is 2. The lowest BCUT2D eigenvalue weighted by molar-refractivity contribution is -0.142. The number of rotatable bonds is 10. The van der Waals surface area contributed by atoms with Crippen molar-refractivity contribution < 1.29 is 9.90 Å². The third-order valence-corrected chi connectivity index (χ3v) is 9.57. The highest BCUT2D eigenvalue weighted by Gasteiger charge is 2.40. The van der Waals surface area contributed by atoms with Gasteiger partial charge in [0.05, 0.1) is 5.69 Å². The van der Waals surface area contributed by atoms with Gasteiger partial charge in [-0.1, -0.05) is 80.9 Å². The molecule has 6 nitrogen and oxygen atoms in total. The average molecular weight is 571 g/mol. The zero-order valence-corrected chi connectivity index (χ0v) is 26.2. The Balaban J connectivity index is 1.25. The molecule has 1 aliphatic heterocycles. The van der Waals surface area contributed by atoms with Gasteiger partial charge < -0.3 is 15.3 Å². The fourth-order valence-corrected chi connectivity index (χ4v) is 7.40. The van der Waals surface area contributed by atoms with Gasteiger partial charge in [0.15, 0.2) is 0 Å². The molecule has 1 saturated heterocycles. The summed E-state index contributed by atoms with van der Waals surface area (Å²) in [6, 6.07) is 21.6. The maximum atomic E-state index is 12.1. The largest absolute Gasteiger partial charge is 0.480 e. The lowest BCUT2D eigenvalue weighted by Gasteiger charge is -2.35. The molecular formula is C36H50N4O2. The Kier molecular flexibility index (Phi) is 9.54.